The average Bonchev–Trinajstić information content (AvgIpc) is 3.47. The molecule has 0 unspecified atom stereocenters. The first-order chi connectivity index (χ1) is 16.6. The van der Waals surface area contributed by atoms with Crippen LogP contribution in [0.25, 0.3) is 11.8 Å². The molecule has 0 spiro atoms. The Morgan fingerprint density at radius 1 is 1.15 bits per heavy atom. The Morgan fingerprint density at radius 3 is 2.59 bits per heavy atom. The fourth-order valence-corrected chi connectivity index (χ4v) is 5.65. The molecule has 2 aromatic carbocycles. The lowest BCUT2D eigenvalue weighted by atomic mass is 9.93. The van der Waals surface area contributed by atoms with Gasteiger partial charge in [-0.25, -0.2) is 9.79 Å². The molecule has 3 heterocycles. The molecule has 0 fully saturated rings. The maximum absolute atomic E-state index is 13.6. The quantitative estimate of drug-likeness (QED) is 0.370. The van der Waals surface area contributed by atoms with Gasteiger partial charge in [-0.1, -0.05) is 65.4 Å². The second-order valence-corrected chi connectivity index (χ2v) is 9.77. The smallest absolute Gasteiger partial charge is 0.338 e. The van der Waals surface area contributed by atoms with Crippen LogP contribution in [0.3, 0.4) is 0 Å². The molecule has 1 atom stereocenters. The zero-order valence-corrected chi connectivity index (χ0v) is 20.5. The number of esters is 1. The van der Waals surface area contributed by atoms with Gasteiger partial charge < -0.3 is 4.74 Å². The van der Waals surface area contributed by atoms with Crippen molar-refractivity contribution in [2.24, 2.45) is 4.99 Å². The highest BCUT2D eigenvalue weighted by Crippen LogP contribution is 2.35. The Hall–Kier alpha value is -3.26. The summed E-state index contributed by atoms with van der Waals surface area (Å²) in [6.07, 6.45) is 1.86. The molecule has 5 nitrogen and oxygen atoms in total. The number of carbonyl (C=O) groups is 1. The molecular formula is C26H19ClN2O3S2. The van der Waals surface area contributed by atoms with Crippen molar-refractivity contribution in [2.45, 2.75) is 13.0 Å². The molecule has 34 heavy (non-hydrogen) atoms. The van der Waals surface area contributed by atoms with Crippen LogP contribution >= 0.6 is 34.3 Å². The van der Waals surface area contributed by atoms with E-state index in [1.807, 2.05) is 65.4 Å². The highest BCUT2D eigenvalue weighted by atomic mass is 35.5. The van der Waals surface area contributed by atoms with Crippen LogP contribution in [0.15, 0.2) is 86.8 Å². The van der Waals surface area contributed by atoms with Crippen molar-refractivity contribution in [3.8, 4) is 0 Å². The van der Waals surface area contributed by atoms with E-state index in [9.17, 15) is 9.59 Å². The molecule has 1 aliphatic heterocycles. The number of fused-ring (bicyclic) bond motifs is 1. The van der Waals surface area contributed by atoms with E-state index >= 15 is 0 Å². The Balaban J connectivity index is 1.84. The number of halogens is 1. The van der Waals surface area contributed by atoms with Gasteiger partial charge in [0.15, 0.2) is 4.80 Å². The number of thiazole rings is 1. The van der Waals surface area contributed by atoms with E-state index in [1.165, 1.54) is 11.3 Å². The Kier molecular flexibility index (Phi) is 6.32. The first kappa shape index (κ1) is 22.5. The van der Waals surface area contributed by atoms with E-state index in [4.69, 9.17) is 21.3 Å². The van der Waals surface area contributed by atoms with Gasteiger partial charge in [-0.2, -0.15) is 11.3 Å². The summed E-state index contributed by atoms with van der Waals surface area (Å²) in [6, 6.07) is 17.9. The maximum Gasteiger partial charge on any atom is 0.338 e. The van der Waals surface area contributed by atoms with Gasteiger partial charge in [0.1, 0.15) is 0 Å². The molecule has 0 saturated heterocycles. The first-order valence-corrected chi connectivity index (χ1v) is 12.8. The van der Waals surface area contributed by atoms with Gasteiger partial charge in [0.25, 0.3) is 5.56 Å². The molecule has 0 saturated carbocycles. The Bertz CT molecular complexity index is 1550. The third kappa shape index (κ3) is 4.18. The molecule has 0 aliphatic carbocycles. The number of carbonyl (C=O) groups excluding carboxylic acids is 1. The van der Waals surface area contributed by atoms with E-state index in [0.29, 0.717) is 25.6 Å². The van der Waals surface area contributed by atoms with E-state index in [0.717, 1.165) is 16.7 Å². The lowest BCUT2D eigenvalue weighted by molar-refractivity contribution is -0.138. The minimum Gasteiger partial charge on any atom is -0.463 e. The van der Waals surface area contributed by atoms with Crippen LogP contribution in [0, 0.1) is 0 Å². The monoisotopic (exact) mass is 506 g/mol. The lowest BCUT2D eigenvalue weighted by Gasteiger charge is -2.25. The number of thiophene rings is 1. The number of aromatic nitrogens is 1. The standard InChI is InChI=1S/C26H19ClN2O3S2/c1-2-32-25(31)21-22(17-6-4-3-5-7-17)28-26-29(23(21)18-8-10-19(27)11-9-18)24(30)20(34-26)14-16-12-13-33-15-16/h3-15,23H,2H2,1H3/b20-14+/t23-/m1/s1. The van der Waals surface area contributed by atoms with Crippen LogP contribution in [0.1, 0.15) is 29.7 Å². The average molecular weight is 507 g/mol. The molecule has 170 valence electrons. The van der Waals surface area contributed by atoms with Crippen molar-refractivity contribution in [1.82, 2.24) is 4.57 Å². The summed E-state index contributed by atoms with van der Waals surface area (Å²) in [4.78, 5) is 32.3. The van der Waals surface area contributed by atoms with Gasteiger partial charge in [0.2, 0.25) is 0 Å². The summed E-state index contributed by atoms with van der Waals surface area (Å²) in [6.45, 7) is 1.97. The number of rotatable bonds is 5. The van der Waals surface area contributed by atoms with Crippen molar-refractivity contribution in [3.05, 3.63) is 118 Å². The molecule has 0 bridgehead atoms. The number of hydrogen-bond acceptors (Lipinski definition) is 6. The molecule has 5 rings (SSSR count). The van der Waals surface area contributed by atoms with Gasteiger partial charge in [0, 0.05) is 10.6 Å². The van der Waals surface area contributed by atoms with Crippen LogP contribution < -0.4 is 14.9 Å². The molecule has 1 aliphatic rings. The number of hydrogen-bond donors (Lipinski definition) is 0. The SMILES string of the molecule is CCOC(=O)C1=C(c2ccccc2)N=c2s/c(=C/c3ccsc3)c(=O)n2[C@@H]1c1ccc(Cl)cc1. The Morgan fingerprint density at radius 2 is 1.91 bits per heavy atom. The van der Waals surface area contributed by atoms with Crippen LogP contribution in [0.4, 0.5) is 0 Å². The van der Waals surface area contributed by atoms with Crippen LogP contribution in [0.5, 0.6) is 0 Å². The van der Waals surface area contributed by atoms with Crippen molar-refractivity contribution in [1.29, 1.82) is 0 Å². The van der Waals surface area contributed by atoms with Crippen LogP contribution in [-0.2, 0) is 9.53 Å². The van der Waals surface area contributed by atoms with Gasteiger partial charge >= 0.3 is 5.97 Å². The largest absolute Gasteiger partial charge is 0.463 e. The van der Waals surface area contributed by atoms with Crippen molar-refractivity contribution in [2.75, 3.05) is 6.61 Å². The van der Waals surface area contributed by atoms with Gasteiger partial charge in [-0.05, 0) is 53.1 Å². The second kappa shape index (κ2) is 9.54. The van der Waals surface area contributed by atoms with E-state index < -0.39 is 12.0 Å². The van der Waals surface area contributed by atoms with Gasteiger partial charge in [-0.15, -0.1) is 0 Å². The van der Waals surface area contributed by atoms with Crippen molar-refractivity contribution >= 4 is 52.0 Å². The normalized spacial score (nSPS) is 15.7. The number of benzene rings is 2. The van der Waals surface area contributed by atoms with E-state index in [2.05, 4.69) is 0 Å². The molecule has 0 radical (unpaired) electrons. The summed E-state index contributed by atoms with van der Waals surface area (Å²) in [5.74, 6) is -0.503. The summed E-state index contributed by atoms with van der Waals surface area (Å²) < 4.78 is 7.59. The van der Waals surface area contributed by atoms with Crippen LogP contribution in [-0.4, -0.2) is 17.1 Å². The zero-order valence-electron chi connectivity index (χ0n) is 18.1. The molecule has 2 aromatic heterocycles. The highest BCUT2D eigenvalue weighted by Gasteiger charge is 2.35. The van der Waals surface area contributed by atoms with E-state index in [-0.39, 0.29) is 12.2 Å². The minimum atomic E-state index is -0.701. The number of nitrogens with zero attached hydrogens (tertiary/aromatic N) is 2. The second-order valence-electron chi connectivity index (χ2n) is 7.54. The molecule has 0 N–H and O–H groups in total. The van der Waals surface area contributed by atoms with E-state index in [1.54, 1.807) is 35.0 Å². The third-order valence-electron chi connectivity index (χ3n) is 5.40. The molecule has 8 heteroatoms. The van der Waals surface area contributed by atoms with Crippen molar-refractivity contribution in [3.63, 3.8) is 0 Å². The first-order valence-electron chi connectivity index (χ1n) is 10.6. The Labute approximate surface area is 208 Å². The third-order valence-corrected chi connectivity index (χ3v) is 7.34. The summed E-state index contributed by atoms with van der Waals surface area (Å²) in [5.41, 5.74) is 3.10. The van der Waals surface area contributed by atoms with Gasteiger partial charge in [-0.3, -0.25) is 9.36 Å². The summed E-state index contributed by atoms with van der Waals surface area (Å²) >= 11 is 9.02. The zero-order chi connectivity index (χ0) is 23.7. The number of ether oxygens (including phenoxy) is 1. The predicted octanol–water partition coefficient (Wildman–Crippen LogP) is 4.65. The predicted molar refractivity (Wildman–Crippen MR) is 137 cm³/mol. The summed E-state index contributed by atoms with van der Waals surface area (Å²) in [5, 5.41) is 4.51. The maximum atomic E-state index is 13.6. The lowest BCUT2D eigenvalue weighted by Crippen LogP contribution is -2.39. The molecular weight excluding hydrogens is 488 g/mol. The minimum absolute atomic E-state index is 0.205. The fourth-order valence-electron chi connectivity index (χ4n) is 3.91. The molecule has 4 aromatic rings. The highest BCUT2D eigenvalue weighted by molar-refractivity contribution is 7.08. The molecule has 0 amide bonds. The fraction of sp³-hybridized carbons (Fsp3) is 0.115. The van der Waals surface area contributed by atoms with Gasteiger partial charge in [0.05, 0.1) is 28.5 Å². The topological polar surface area (TPSA) is 60.7 Å². The summed E-state index contributed by atoms with van der Waals surface area (Å²) in [7, 11) is 0. The van der Waals surface area contributed by atoms with Crippen molar-refractivity contribution < 1.29 is 9.53 Å². The van der Waals surface area contributed by atoms with Crippen LogP contribution in [0.2, 0.25) is 5.02 Å².